The summed E-state index contributed by atoms with van der Waals surface area (Å²) < 4.78 is 10.8. The molecule has 1 aromatic heterocycles. The second-order valence-electron chi connectivity index (χ2n) is 3.76. The lowest BCUT2D eigenvalue weighted by molar-refractivity contribution is -0.162. The number of hydrogen-bond donors (Lipinski definition) is 1. The van der Waals surface area contributed by atoms with Crippen molar-refractivity contribution in [3.8, 4) is 0 Å². The molecular weight excluding hydrogens is 322 g/mol. The Hall–Kier alpha value is -1.08. The molecule has 5 nitrogen and oxygen atoms in total. The number of thiophene rings is 1. The van der Waals surface area contributed by atoms with Gasteiger partial charge in [0, 0.05) is 11.3 Å². The molecule has 2 N–H and O–H groups in total. The predicted octanol–water partition coefficient (Wildman–Crippen LogP) is 2.47. The van der Waals surface area contributed by atoms with Gasteiger partial charge in [0.2, 0.25) is 5.60 Å². The van der Waals surface area contributed by atoms with Crippen LogP contribution in [0, 0.1) is 0 Å². The van der Waals surface area contributed by atoms with Crippen molar-refractivity contribution >= 4 is 39.3 Å². The number of esters is 1. The minimum Gasteiger partial charge on any atom is -0.463 e. The topological polar surface area (TPSA) is 78.6 Å². The second-order valence-corrected chi connectivity index (χ2v) is 6.30. The summed E-state index contributed by atoms with van der Waals surface area (Å²) in [6.45, 7) is 3.39. The Labute approximate surface area is 117 Å². The van der Waals surface area contributed by atoms with Gasteiger partial charge in [0.1, 0.15) is 0 Å². The van der Waals surface area contributed by atoms with Crippen LogP contribution in [0.2, 0.25) is 0 Å². The van der Waals surface area contributed by atoms with Crippen LogP contribution in [0.1, 0.15) is 18.7 Å². The number of halogens is 1. The van der Waals surface area contributed by atoms with E-state index in [-0.39, 0.29) is 13.0 Å². The second kappa shape index (κ2) is 6.19. The molecule has 0 bridgehead atoms. The van der Waals surface area contributed by atoms with Gasteiger partial charge in [-0.25, -0.2) is 9.59 Å². The van der Waals surface area contributed by atoms with Crippen molar-refractivity contribution in [2.45, 2.75) is 25.9 Å². The number of hydrogen-bond acceptors (Lipinski definition) is 5. The van der Waals surface area contributed by atoms with Crippen molar-refractivity contribution < 1.29 is 19.1 Å². The van der Waals surface area contributed by atoms with Crippen molar-refractivity contribution in [1.82, 2.24) is 0 Å². The largest absolute Gasteiger partial charge is 0.463 e. The lowest BCUT2D eigenvalue weighted by Crippen LogP contribution is -2.45. The third kappa shape index (κ3) is 3.99. The molecule has 1 rings (SSSR count). The molecule has 1 aromatic rings. The summed E-state index contributed by atoms with van der Waals surface area (Å²) in [5.74, 6) is -0.603. The fraction of sp³-hybridized carbons (Fsp3) is 0.455. The van der Waals surface area contributed by atoms with Gasteiger partial charge in [-0.15, -0.1) is 11.3 Å². The molecule has 0 spiro atoms. The highest BCUT2D eigenvalue weighted by Crippen LogP contribution is 2.28. The maximum atomic E-state index is 11.8. The molecule has 0 saturated carbocycles. The summed E-state index contributed by atoms with van der Waals surface area (Å²) in [5, 5.41) is 0. The fourth-order valence-electron chi connectivity index (χ4n) is 1.43. The van der Waals surface area contributed by atoms with Gasteiger partial charge in [0.05, 0.1) is 10.4 Å². The van der Waals surface area contributed by atoms with Crippen molar-refractivity contribution in [3.63, 3.8) is 0 Å². The van der Waals surface area contributed by atoms with Gasteiger partial charge in [0.15, 0.2) is 0 Å². The monoisotopic (exact) mass is 335 g/mol. The van der Waals surface area contributed by atoms with Crippen LogP contribution < -0.4 is 5.73 Å². The van der Waals surface area contributed by atoms with E-state index in [4.69, 9.17) is 15.2 Å². The van der Waals surface area contributed by atoms with E-state index in [1.54, 1.807) is 6.92 Å². The molecule has 7 heteroatoms. The van der Waals surface area contributed by atoms with E-state index >= 15 is 0 Å². The first-order valence-electron chi connectivity index (χ1n) is 5.27. The highest BCUT2D eigenvalue weighted by Gasteiger charge is 2.39. The Balaban J connectivity index is 2.89. The third-order valence-corrected chi connectivity index (χ3v) is 3.80. The van der Waals surface area contributed by atoms with Gasteiger partial charge in [-0.1, -0.05) is 0 Å². The molecule has 0 radical (unpaired) electrons. The maximum absolute atomic E-state index is 11.8. The predicted molar refractivity (Wildman–Crippen MR) is 71.4 cm³/mol. The van der Waals surface area contributed by atoms with Crippen LogP contribution in [0.15, 0.2) is 15.9 Å². The summed E-state index contributed by atoms with van der Waals surface area (Å²) in [5.41, 5.74) is 3.60. The molecule has 18 heavy (non-hydrogen) atoms. The number of nitrogens with two attached hydrogens (primary N) is 1. The van der Waals surface area contributed by atoms with E-state index in [0.717, 1.165) is 8.66 Å². The number of rotatable bonds is 5. The van der Waals surface area contributed by atoms with Crippen LogP contribution in [-0.2, 0) is 20.7 Å². The number of amides is 1. The van der Waals surface area contributed by atoms with Crippen molar-refractivity contribution in [2.75, 3.05) is 6.61 Å². The van der Waals surface area contributed by atoms with Crippen LogP contribution in [-0.4, -0.2) is 24.3 Å². The summed E-state index contributed by atoms with van der Waals surface area (Å²) >= 11 is 4.78. The highest BCUT2D eigenvalue weighted by molar-refractivity contribution is 9.11. The number of ether oxygens (including phenoxy) is 2. The van der Waals surface area contributed by atoms with Crippen LogP contribution in [0.25, 0.3) is 0 Å². The zero-order valence-corrected chi connectivity index (χ0v) is 12.5. The van der Waals surface area contributed by atoms with Crippen LogP contribution in [0.4, 0.5) is 4.79 Å². The highest BCUT2D eigenvalue weighted by atomic mass is 79.9. The third-order valence-electron chi connectivity index (χ3n) is 2.17. The molecule has 100 valence electrons. The van der Waals surface area contributed by atoms with Gasteiger partial charge >= 0.3 is 12.1 Å². The molecule has 1 amide bonds. The maximum Gasteiger partial charge on any atom is 0.405 e. The van der Waals surface area contributed by atoms with E-state index in [1.807, 2.05) is 12.1 Å². The Bertz CT molecular complexity index is 448. The first-order chi connectivity index (χ1) is 8.37. The van der Waals surface area contributed by atoms with E-state index in [1.165, 1.54) is 18.3 Å². The minimum atomic E-state index is -1.40. The molecule has 1 heterocycles. The molecule has 0 aromatic carbocycles. The Kier molecular flexibility index (Phi) is 5.15. The van der Waals surface area contributed by atoms with Gasteiger partial charge in [-0.3, -0.25) is 0 Å². The smallest absolute Gasteiger partial charge is 0.405 e. The fourth-order valence-corrected chi connectivity index (χ4v) is 3.06. The number of carbonyl (C=O) groups excluding carboxylic acids is 2. The molecule has 0 saturated heterocycles. The van der Waals surface area contributed by atoms with Gasteiger partial charge in [0.25, 0.3) is 0 Å². The van der Waals surface area contributed by atoms with E-state index in [2.05, 4.69) is 15.9 Å². The summed E-state index contributed by atoms with van der Waals surface area (Å²) in [6.07, 6.45) is -0.772. The van der Waals surface area contributed by atoms with Gasteiger partial charge < -0.3 is 15.2 Å². The van der Waals surface area contributed by atoms with Gasteiger partial charge in [-0.05, 0) is 41.9 Å². The van der Waals surface area contributed by atoms with E-state index in [9.17, 15) is 9.59 Å². The van der Waals surface area contributed by atoms with Crippen molar-refractivity contribution in [1.29, 1.82) is 0 Å². The van der Waals surface area contributed by atoms with Crippen molar-refractivity contribution in [2.24, 2.45) is 5.73 Å². The molecule has 0 aliphatic rings. The van der Waals surface area contributed by atoms with E-state index < -0.39 is 17.7 Å². The number of carbonyl (C=O) groups is 2. The molecule has 0 aliphatic heterocycles. The van der Waals surface area contributed by atoms with E-state index in [0.29, 0.717) is 0 Å². The normalized spacial score (nSPS) is 13.7. The zero-order valence-electron chi connectivity index (χ0n) is 10.1. The molecule has 0 fully saturated rings. The standard InChI is InChI=1S/C11H14BrNO4S/c1-3-16-9(14)11(2,17-10(13)15)6-7-4-5-8(12)18-7/h4-5H,3,6H2,1-2H3,(H2,13,15). The number of primary amides is 1. The zero-order chi connectivity index (χ0) is 13.8. The van der Waals surface area contributed by atoms with Gasteiger partial charge in [-0.2, -0.15) is 0 Å². The van der Waals surface area contributed by atoms with Crippen molar-refractivity contribution in [3.05, 3.63) is 20.8 Å². The summed E-state index contributed by atoms with van der Waals surface area (Å²) in [7, 11) is 0. The summed E-state index contributed by atoms with van der Waals surface area (Å²) in [6, 6.07) is 3.70. The lowest BCUT2D eigenvalue weighted by atomic mass is 10.0. The van der Waals surface area contributed by atoms with Crippen LogP contribution in [0.5, 0.6) is 0 Å². The Morgan fingerprint density at radius 2 is 2.17 bits per heavy atom. The first kappa shape index (κ1) is 15.0. The Morgan fingerprint density at radius 3 is 2.61 bits per heavy atom. The summed E-state index contributed by atoms with van der Waals surface area (Å²) in [4.78, 5) is 23.6. The first-order valence-corrected chi connectivity index (χ1v) is 6.88. The molecule has 1 atom stereocenters. The quantitative estimate of drug-likeness (QED) is 0.838. The Morgan fingerprint density at radius 1 is 1.50 bits per heavy atom. The van der Waals surface area contributed by atoms with Crippen LogP contribution >= 0.6 is 27.3 Å². The molecule has 0 aliphatic carbocycles. The van der Waals surface area contributed by atoms with Crippen LogP contribution in [0.3, 0.4) is 0 Å². The average molecular weight is 336 g/mol. The average Bonchev–Trinajstić information content (AvgIpc) is 2.62. The molecule has 1 unspecified atom stereocenters. The molecular formula is C11H14BrNO4S. The SMILES string of the molecule is CCOC(=O)C(C)(Cc1ccc(Br)s1)OC(N)=O. The minimum absolute atomic E-state index is 0.213. The lowest BCUT2D eigenvalue weighted by Gasteiger charge is -2.25.